The van der Waals surface area contributed by atoms with E-state index in [0.29, 0.717) is 11.5 Å². The standard InChI is InChI=1S/C31H39N5O3/c1-30(2,3)18-36-23-13-12-21(32-26(23)35(6)28-29(36)38-28)20-14-15-31(4,5)25(16-20)33-27(37)22-17-24(39-34-22)19-10-8-7-9-11-19/h7-13,17,20,25,28-29H,14-16,18H2,1-6H3,(H,33,37). The van der Waals surface area contributed by atoms with Crippen LogP contribution in [0, 0.1) is 10.8 Å². The van der Waals surface area contributed by atoms with Gasteiger partial charge in [0.25, 0.3) is 5.91 Å². The van der Waals surface area contributed by atoms with Crippen molar-refractivity contribution < 1.29 is 14.1 Å². The highest BCUT2D eigenvalue weighted by atomic mass is 16.6. The van der Waals surface area contributed by atoms with Crippen molar-refractivity contribution in [1.82, 2.24) is 15.5 Å². The minimum atomic E-state index is -0.201. The summed E-state index contributed by atoms with van der Waals surface area (Å²) in [5, 5.41) is 7.34. The highest BCUT2D eigenvalue weighted by molar-refractivity contribution is 5.93. The highest BCUT2D eigenvalue weighted by Crippen LogP contribution is 2.48. The Kier molecular flexibility index (Phi) is 6.21. The molecule has 2 aliphatic heterocycles. The van der Waals surface area contributed by atoms with E-state index in [0.717, 1.165) is 48.6 Å². The lowest BCUT2D eigenvalue weighted by Gasteiger charge is -2.42. The monoisotopic (exact) mass is 529 g/mol. The minimum absolute atomic E-state index is 0.00952. The molecule has 0 radical (unpaired) electrons. The molecule has 0 bridgehead atoms. The number of benzene rings is 1. The molecule has 0 spiro atoms. The minimum Gasteiger partial charge on any atom is -0.355 e. The van der Waals surface area contributed by atoms with Crippen molar-refractivity contribution in [3.05, 3.63) is 59.9 Å². The topological polar surface area (TPSA) is 87.0 Å². The molecule has 4 atom stereocenters. The number of pyridine rings is 1. The van der Waals surface area contributed by atoms with E-state index in [4.69, 9.17) is 14.2 Å². The molecule has 1 aromatic carbocycles. The van der Waals surface area contributed by atoms with E-state index in [2.05, 4.69) is 74.1 Å². The van der Waals surface area contributed by atoms with Crippen molar-refractivity contribution in [2.75, 3.05) is 23.4 Å². The zero-order valence-corrected chi connectivity index (χ0v) is 23.8. The number of fused-ring (bicyclic) bond motifs is 2. The van der Waals surface area contributed by atoms with Crippen molar-refractivity contribution in [2.45, 2.75) is 78.3 Å². The first kappa shape index (κ1) is 25.9. The van der Waals surface area contributed by atoms with Crippen LogP contribution in [0.2, 0.25) is 0 Å². The van der Waals surface area contributed by atoms with E-state index >= 15 is 0 Å². The van der Waals surface area contributed by atoms with Gasteiger partial charge in [-0.15, -0.1) is 0 Å². The van der Waals surface area contributed by atoms with Crippen molar-refractivity contribution in [3.8, 4) is 11.3 Å². The van der Waals surface area contributed by atoms with Gasteiger partial charge >= 0.3 is 0 Å². The lowest BCUT2D eigenvalue weighted by atomic mass is 9.68. The van der Waals surface area contributed by atoms with E-state index in [1.54, 1.807) is 6.07 Å². The molecule has 206 valence electrons. The zero-order valence-electron chi connectivity index (χ0n) is 23.8. The summed E-state index contributed by atoms with van der Waals surface area (Å²) >= 11 is 0. The van der Waals surface area contributed by atoms with E-state index < -0.39 is 0 Å². The maximum absolute atomic E-state index is 13.2. The number of epoxide rings is 1. The molecule has 1 N–H and O–H groups in total. The summed E-state index contributed by atoms with van der Waals surface area (Å²) in [7, 11) is 2.07. The lowest BCUT2D eigenvalue weighted by molar-refractivity contribution is 0.0828. The molecular weight excluding hydrogens is 490 g/mol. The fourth-order valence-electron chi connectivity index (χ4n) is 6.04. The largest absolute Gasteiger partial charge is 0.355 e. The Labute approximate surface area is 230 Å². The van der Waals surface area contributed by atoms with Gasteiger partial charge in [0.1, 0.15) is 0 Å². The van der Waals surface area contributed by atoms with Crippen molar-refractivity contribution in [2.24, 2.45) is 10.8 Å². The van der Waals surface area contributed by atoms with Crippen LogP contribution in [0.1, 0.15) is 76.0 Å². The second-order valence-electron chi connectivity index (χ2n) is 13.2. The number of rotatable bonds is 5. The first-order valence-corrected chi connectivity index (χ1v) is 14.0. The molecule has 1 aliphatic carbocycles. The summed E-state index contributed by atoms with van der Waals surface area (Å²) in [6.07, 6.45) is 3.01. The average Bonchev–Trinajstić information content (AvgIpc) is 3.55. The Morgan fingerprint density at radius 3 is 2.64 bits per heavy atom. The number of nitrogens with one attached hydrogen (secondary N) is 1. The summed E-state index contributed by atoms with van der Waals surface area (Å²) in [4.78, 5) is 23.0. The van der Waals surface area contributed by atoms with Gasteiger partial charge in [-0.1, -0.05) is 70.1 Å². The maximum atomic E-state index is 13.2. The molecule has 3 aliphatic rings. The van der Waals surface area contributed by atoms with Gasteiger partial charge in [-0.3, -0.25) is 4.79 Å². The van der Waals surface area contributed by atoms with Crippen LogP contribution in [-0.4, -0.2) is 48.1 Å². The molecule has 2 fully saturated rings. The van der Waals surface area contributed by atoms with Crippen LogP contribution in [0.3, 0.4) is 0 Å². The Hall–Kier alpha value is -3.39. The average molecular weight is 530 g/mol. The number of anilines is 2. The van der Waals surface area contributed by atoms with Crippen LogP contribution < -0.4 is 15.1 Å². The Morgan fingerprint density at radius 1 is 1.13 bits per heavy atom. The zero-order chi connectivity index (χ0) is 27.5. The number of nitrogens with zero attached hydrogens (tertiary/aromatic N) is 4. The number of hydrogen-bond donors (Lipinski definition) is 1. The maximum Gasteiger partial charge on any atom is 0.273 e. The number of likely N-dealkylation sites (N-methyl/N-ethyl adjacent to an activating group) is 1. The van der Waals surface area contributed by atoms with Gasteiger partial charge in [-0.2, -0.15) is 0 Å². The molecule has 1 amide bonds. The first-order chi connectivity index (χ1) is 18.5. The first-order valence-electron chi connectivity index (χ1n) is 14.0. The third-order valence-electron chi connectivity index (χ3n) is 8.42. The van der Waals surface area contributed by atoms with E-state index in [1.807, 2.05) is 30.3 Å². The molecule has 1 saturated carbocycles. The summed E-state index contributed by atoms with van der Waals surface area (Å²) in [5.41, 5.74) is 3.53. The number of carbonyl (C=O) groups is 1. The molecule has 8 nitrogen and oxygen atoms in total. The van der Waals surface area contributed by atoms with Crippen molar-refractivity contribution >= 4 is 17.4 Å². The van der Waals surface area contributed by atoms with Gasteiger partial charge in [0.15, 0.2) is 29.7 Å². The van der Waals surface area contributed by atoms with Crippen molar-refractivity contribution in [3.63, 3.8) is 0 Å². The third-order valence-corrected chi connectivity index (χ3v) is 8.42. The van der Waals surface area contributed by atoms with Crippen molar-refractivity contribution in [1.29, 1.82) is 0 Å². The smallest absolute Gasteiger partial charge is 0.273 e. The van der Waals surface area contributed by atoms with Crippen LogP contribution in [0.5, 0.6) is 0 Å². The Balaban J connectivity index is 1.20. The molecule has 4 heterocycles. The number of aromatic nitrogens is 2. The predicted octanol–water partition coefficient (Wildman–Crippen LogP) is 5.81. The number of hydrogen-bond acceptors (Lipinski definition) is 7. The number of ether oxygens (including phenoxy) is 1. The van der Waals surface area contributed by atoms with E-state index in [9.17, 15) is 4.79 Å². The molecule has 2 aromatic heterocycles. The molecule has 8 heteroatoms. The SMILES string of the molecule is CN1c2nc(C3CCC(C)(C)C(NC(=O)c4cc(-c5ccccc5)on4)C3)ccc2N(CC(C)(C)C)C2OC21. The second-order valence-corrected chi connectivity index (χ2v) is 13.2. The van der Waals surface area contributed by atoms with Crippen LogP contribution in [-0.2, 0) is 4.74 Å². The molecule has 3 aromatic rings. The fraction of sp³-hybridized carbons (Fsp3) is 0.516. The second kappa shape index (κ2) is 9.37. The highest BCUT2D eigenvalue weighted by Gasteiger charge is 2.53. The van der Waals surface area contributed by atoms with Crippen LogP contribution in [0.4, 0.5) is 11.5 Å². The summed E-state index contributed by atoms with van der Waals surface area (Å²) in [6, 6.07) is 15.8. The molecule has 4 unspecified atom stereocenters. The number of carbonyl (C=O) groups excluding carboxylic acids is 1. The van der Waals surface area contributed by atoms with E-state index in [-0.39, 0.29) is 41.2 Å². The quantitative estimate of drug-likeness (QED) is 0.417. The molecule has 6 rings (SSSR count). The van der Waals surface area contributed by atoms with E-state index in [1.165, 1.54) is 0 Å². The van der Waals surface area contributed by atoms with Gasteiger partial charge in [0, 0.05) is 42.9 Å². The van der Waals surface area contributed by atoms with Crippen LogP contribution in [0.25, 0.3) is 11.3 Å². The normalized spacial score (nSPS) is 25.6. The molecule has 39 heavy (non-hydrogen) atoms. The predicted molar refractivity (Wildman–Crippen MR) is 152 cm³/mol. The van der Waals surface area contributed by atoms with Crippen LogP contribution >= 0.6 is 0 Å². The van der Waals surface area contributed by atoms with Crippen LogP contribution in [0.15, 0.2) is 53.1 Å². The fourth-order valence-corrected chi connectivity index (χ4v) is 6.04. The van der Waals surface area contributed by atoms with Gasteiger partial charge in [0.2, 0.25) is 0 Å². The third kappa shape index (κ3) is 5.02. The number of amides is 1. The summed E-state index contributed by atoms with van der Waals surface area (Å²) in [5.74, 6) is 1.63. The van der Waals surface area contributed by atoms with Gasteiger partial charge in [-0.25, -0.2) is 4.98 Å². The Morgan fingerprint density at radius 2 is 1.90 bits per heavy atom. The summed E-state index contributed by atoms with van der Waals surface area (Å²) in [6.45, 7) is 12.1. The summed E-state index contributed by atoms with van der Waals surface area (Å²) < 4.78 is 11.5. The lowest BCUT2D eigenvalue weighted by Crippen LogP contribution is -2.48. The van der Waals surface area contributed by atoms with Gasteiger partial charge < -0.3 is 24.4 Å². The Bertz CT molecular complexity index is 1360. The van der Waals surface area contributed by atoms with Gasteiger partial charge in [-0.05, 0) is 42.2 Å². The molecular formula is C31H39N5O3. The van der Waals surface area contributed by atoms with Gasteiger partial charge in [0.05, 0.1) is 5.69 Å². The molecule has 1 saturated heterocycles.